The van der Waals surface area contributed by atoms with E-state index >= 15 is 0 Å². The topological polar surface area (TPSA) is 77.5 Å². The Morgan fingerprint density at radius 3 is 2.24 bits per heavy atom. The molecule has 1 aliphatic rings. The lowest BCUT2D eigenvalue weighted by Gasteiger charge is -2.28. The van der Waals surface area contributed by atoms with E-state index in [0.717, 1.165) is 12.8 Å². The lowest BCUT2D eigenvalue weighted by molar-refractivity contribution is 0.156. The fourth-order valence-corrected chi connectivity index (χ4v) is 4.40. The average molecular weight is 353 g/mol. The molecule has 2 atom stereocenters. The summed E-state index contributed by atoms with van der Waals surface area (Å²) in [6.45, 7) is 0. The zero-order valence-electron chi connectivity index (χ0n) is 11.5. The third-order valence-electron chi connectivity index (χ3n) is 3.59. The maximum absolute atomic E-state index is 11.6. The first kappa shape index (κ1) is 16.6. The van der Waals surface area contributed by atoms with Crippen LogP contribution >= 0.6 is 10.7 Å². The number of ether oxygens (including phenoxy) is 1. The Balaban J connectivity index is 2.05. The Bertz CT molecular complexity index is 695. The van der Waals surface area contributed by atoms with Crippen molar-refractivity contribution in [1.29, 1.82) is 0 Å². The van der Waals surface area contributed by atoms with E-state index in [0.29, 0.717) is 18.6 Å². The van der Waals surface area contributed by atoms with Crippen LogP contribution in [-0.4, -0.2) is 34.4 Å². The van der Waals surface area contributed by atoms with Gasteiger partial charge in [-0.1, -0.05) is 0 Å². The molecule has 5 nitrogen and oxygen atoms in total. The molecule has 1 fully saturated rings. The van der Waals surface area contributed by atoms with Crippen molar-refractivity contribution >= 4 is 29.6 Å². The molecular formula is C13H17ClO5S2. The predicted octanol–water partition coefficient (Wildman–Crippen LogP) is 2.35. The molecule has 0 amide bonds. The number of sulfone groups is 1. The predicted molar refractivity (Wildman–Crippen MR) is 81.0 cm³/mol. The highest BCUT2D eigenvalue weighted by molar-refractivity contribution is 8.13. The maximum Gasteiger partial charge on any atom is 0.261 e. The van der Waals surface area contributed by atoms with E-state index in [-0.39, 0.29) is 16.2 Å². The highest BCUT2D eigenvalue weighted by atomic mass is 35.7. The lowest BCUT2D eigenvalue weighted by Crippen LogP contribution is -2.33. The van der Waals surface area contributed by atoms with Gasteiger partial charge in [0.1, 0.15) is 15.6 Å². The quantitative estimate of drug-likeness (QED) is 0.777. The van der Waals surface area contributed by atoms with Crippen LogP contribution in [0.25, 0.3) is 0 Å². The van der Waals surface area contributed by atoms with Crippen LogP contribution in [0.3, 0.4) is 0 Å². The second-order valence-corrected chi connectivity index (χ2v) is 10.2. The van der Waals surface area contributed by atoms with E-state index < -0.39 is 18.9 Å². The molecule has 1 aliphatic carbocycles. The largest absolute Gasteiger partial charge is 0.490 e. The fraction of sp³-hybridized carbons (Fsp3) is 0.538. The smallest absolute Gasteiger partial charge is 0.261 e. The van der Waals surface area contributed by atoms with Gasteiger partial charge < -0.3 is 4.74 Å². The van der Waals surface area contributed by atoms with Gasteiger partial charge in [-0.15, -0.1) is 0 Å². The Morgan fingerprint density at radius 2 is 1.71 bits per heavy atom. The Hall–Kier alpha value is -0.790. The van der Waals surface area contributed by atoms with Crippen molar-refractivity contribution in [3.8, 4) is 5.75 Å². The molecule has 2 rings (SSSR count). The molecular weight excluding hydrogens is 336 g/mol. The number of hydrogen-bond acceptors (Lipinski definition) is 5. The van der Waals surface area contributed by atoms with Gasteiger partial charge in [0.05, 0.1) is 16.2 Å². The summed E-state index contributed by atoms with van der Waals surface area (Å²) in [6, 6.07) is 5.79. The average Bonchev–Trinajstić information content (AvgIpc) is 2.37. The van der Waals surface area contributed by atoms with Gasteiger partial charge in [0, 0.05) is 23.4 Å². The second-order valence-electron chi connectivity index (χ2n) is 5.27. The molecule has 21 heavy (non-hydrogen) atoms. The van der Waals surface area contributed by atoms with Crippen LogP contribution in [0, 0.1) is 0 Å². The number of hydrogen-bond donors (Lipinski definition) is 0. The molecule has 0 saturated heterocycles. The second kappa shape index (κ2) is 6.14. The van der Waals surface area contributed by atoms with Gasteiger partial charge in [-0.25, -0.2) is 16.8 Å². The molecule has 1 aromatic carbocycles. The number of halogens is 1. The Labute approximate surface area is 129 Å². The minimum Gasteiger partial charge on any atom is -0.490 e. The van der Waals surface area contributed by atoms with Crippen molar-refractivity contribution in [1.82, 2.24) is 0 Å². The monoisotopic (exact) mass is 352 g/mol. The van der Waals surface area contributed by atoms with Gasteiger partial charge in [0.25, 0.3) is 9.05 Å². The molecule has 0 spiro atoms. The number of benzene rings is 1. The van der Waals surface area contributed by atoms with E-state index in [9.17, 15) is 16.8 Å². The molecule has 1 aromatic rings. The summed E-state index contributed by atoms with van der Waals surface area (Å²) in [4.78, 5) is 0.00849. The minimum atomic E-state index is -3.74. The van der Waals surface area contributed by atoms with Gasteiger partial charge in [-0.2, -0.15) is 0 Å². The van der Waals surface area contributed by atoms with Gasteiger partial charge in [-0.3, -0.25) is 0 Å². The summed E-state index contributed by atoms with van der Waals surface area (Å²) < 4.78 is 51.2. The van der Waals surface area contributed by atoms with Crippen molar-refractivity contribution in [3.05, 3.63) is 24.3 Å². The molecule has 0 aliphatic heterocycles. The van der Waals surface area contributed by atoms with Crippen LogP contribution in [0.5, 0.6) is 5.75 Å². The molecule has 8 heteroatoms. The normalized spacial score (nSPS) is 23.7. The first-order valence-corrected chi connectivity index (χ1v) is 10.8. The SMILES string of the molecule is CS(=O)(=O)C1CCCC(Oc2ccc(S(=O)(=O)Cl)cc2)C1. The van der Waals surface area contributed by atoms with E-state index in [1.165, 1.54) is 30.5 Å². The third kappa shape index (κ3) is 4.59. The van der Waals surface area contributed by atoms with Gasteiger partial charge >= 0.3 is 0 Å². The van der Waals surface area contributed by atoms with Crippen molar-refractivity contribution in [2.24, 2.45) is 0 Å². The minimum absolute atomic E-state index is 0.00849. The van der Waals surface area contributed by atoms with Crippen molar-refractivity contribution in [3.63, 3.8) is 0 Å². The molecule has 0 radical (unpaired) electrons. The fourth-order valence-electron chi connectivity index (χ4n) is 2.47. The summed E-state index contributed by atoms with van der Waals surface area (Å²) in [7, 11) is -1.56. The highest BCUT2D eigenvalue weighted by Gasteiger charge is 2.29. The van der Waals surface area contributed by atoms with Gasteiger partial charge in [0.2, 0.25) is 0 Å². The van der Waals surface area contributed by atoms with Crippen LogP contribution < -0.4 is 4.74 Å². The van der Waals surface area contributed by atoms with Crippen LogP contribution in [0.15, 0.2) is 29.2 Å². The van der Waals surface area contributed by atoms with Crippen LogP contribution in [0.2, 0.25) is 0 Å². The molecule has 0 aromatic heterocycles. The number of rotatable bonds is 4. The Morgan fingerprint density at radius 1 is 1.10 bits per heavy atom. The third-order valence-corrected chi connectivity index (χ3v) is 6.60. The van der Waals surface area contributed by atoms with Crippen LogP contribution in [0.1, 0.15) is 25.7 Å². The summed E-state index contributed by atoms with van der Waals surface area (Å²) in [5.41, 5.74) is 0. The zero-order valence-corrected chi connectivity index (χ0v) is 13.9. The Kier molecular flexibility index (Phi) is 4.85. The summed E-state index contributed by atoms with van der Waals surface area (Å²) in [6.07, 6.45) is 3.81. The summed E-state index contributed by atoms with van der Waals surface area (Å²) in [5, 5.41) is -0.362. The zero-order chi connectivity index (χ0) is 15.7. The molecule has 2 unspecified atom stereocenters. The summed E-state index contributed by atoms with van der Waals surface area (Å²) >= 11 is 0. The molecule has 0 bridgehead atoms. The van der Waals surface area contributed by atoms with Crippen LogP contribution in [0.4, 0.5) is 0 Å². The standard InChI is InChI=1S/C13H17ClO5S2/c1-20(15,16)13-4-2-3-11(9-13)19-10-5-7-12(8-6-10)21(14,17)18/h5-8,11,13H,2-4,9H2,1H3. The first-order valence-electron chi connectivity index (χ1n) is 6.56. The van der Waals surface area contributed by atoms with Crippen molar-refractivity contribution < 1.29 is 21.6 Å². The molecule has 1 saturated carbocycles. The molecule has 0 heterocycles. The van der Waals surface area contributed by atoms with E-state index in [2.05, 4.69) is 0 Å². The van der Waals surface area contributed by atoms with Gasteiger partial charge in [0.15, 0.2) is 0 Å². The lowest BCUT2D eigenvalue weighted by atomic mass is 9.97. The van der Waals surface area contributed by atoms with Gasteiger partial charge in [-0.05, 0) is 43.5 Å². The molecule has 118 valence electrons. The van der Waals surface area contributed by atoms with E-state index in [1.807, 2.05) is 0 Å². The van der Waals surface area contributed by atoms with Crippen molar-refractivity contribution in [2.45, 2.75) is 41.9 Å². The van der Waals surface area contributed by atoms with Crippen molar-refractivity contribution in [2.75, 3.05) is 6.26 Å². The highest BCUT2D eigenvalue weighted by Crippen LogP contribution is 2.28. The first-order chi connectivity index (χ1) is 9.66. The van der Waals surface area contributed by atoms with E-state index in [4.69, 9.17) is 15.4 Å². The molecule has 0 N–H and O–H groups in total. The summed E-state index contributed by atoms with van der Waals surface area (Å²) in [5.74, 6) is 0.512. The van der Waals surface area contributed by atoms with E-state index in [1.54, 1.807) is 0 Å². The maximum atomic E-state index is 11.6. The van der Waals surface area contributed by atoms with Crippen LogP contribution in [-0.2, 0) is 18.9 Å².